The SMILES string of the molecule is CSSC(C)CN. The van der Waals surface area contributed by atoms with Crippen molar-refractivity contribution in [2.75, 3.05) is 12.8 Å². The topological polar surface area (TPSA) is 26.0 Å². The fourth-order valence-electron chi connectivity index (χ4n) is 0.204. The second-order valence-electron chi connectivity index (χ2n) is 1.31. The van der Waals surface area contributed by atoms with Crippen LogP contribution in [0.15, 0.2) is 0 Å². The van der Waals surface area contributed by atoms with Crippen molar-refractivity contribution in [1.29, 1.82) is 0 Å². The van der Waals surface area contributed by atoms with Crippen molar-refractivity contribution in [3.8, 4) is 0 Å². The third-order valence-electron chi connectivity index (χ3n) is 0.592. The van der Waals surface area contributed by atoms with Crippen LogP contribution in [0.1, 0.15) is 6.92 Å². The average molecular weight is 137 g/mol. The van der Waals surface area contributed by atoms with Gasteiger partial charge in [-0.05, 0) is 6.26 Å². The summed E-state index contributed by atoms with van der Waals surface area (Å²) in [6, 6.07) is 0. The van der Waals surface area contributed by atoms with E-state index in [1.54, 1.807) is 10.8 Å². The molecule has 0 fully saturated rings. The minimum Gasteiger partial charge on any atom is -0.329 e. The van der Waals surface area contributed by atoms with Crippen LogP contribution in [0.25, 0.3) is 0 Å². The van der Waals surface area contributed by atoms with Gasteiger partial charge in [-0.2, -0.15) is 0 Å². The zero-order valence-corrected chi connectivity index (χ0v) is 6.31. The maximum absolute atomic E-state index is 5.32. The minimum absolute atomic E-state index is 0.606. The first-order valence-corrected chi connectivity index (χ1v) is 4.83. The average Bonchev–Trinajstić information content (AvgIpc) is 1.68. The summed E-state index contributed by atoms with van der Waals surface area (Å²) in [5.74, 6) is 0. The maximum Gasteiger partial charge on any atom is 0.0245 e. The van der Waals surface area contributed by atoms with Crippen LogP contribution in [0.4, 0.5) is 0 Å². The van der Waals surface area contributed by atoms with E-state index in [1.165, 1.54) is 0 Å². The van der Waals surface area contributed by atoms with Gasteiger partial charge in [-0.1, -0.05) is 28.5 Å². The zero-order chi connectivity index (χ0) is 5.70. The van der Waals surface area contributed by atoms with Crippen LogP contribution in [0.3, 0.4) is 0 Å². The molecule has 0 saturated carbocycles. The van der Waals surface area contributed by atoms with Gasteiger partial charge in [0.15, 0.2) is 0 Å². The Kier molecular flexibility index (Phi) is 5.26. The first kappa shape index (κ1) is 7.66. The van der Waals surface area contributed by atoms with E-state index < -0.39 is 0 Å². The van der Waals surface area contributed by atoms with Crippen molar-refractivity contribution in [3.05, 3.63) is 0 Å². The van der Waals surface area contributed by atoms with Gasteiger partial charge in [-0.15, -0.1) is 0 Å². The maximum atomic E-state index is 5.32. The molecule has 0 radical (unpaired) electrons. The lowest BCUT2D eigenvalue weighted by Crippen LogP contribution is -2.10. The minimum atomic E-state index is 0.606. The van der Waals surface area contributed by atoms with E-state index in [0.717, 1.165) is 6.54 Å². The monoisotopic (exact) mass is 137 g/mol. The van der Waals surface area contributed by atoms with Gasteiger partial charge in [0.05, 0.1) is 0 Å². The predicted octanol–water partition coefficient (Wildman–Crippen LogP) is 1.34. The Hall–Kier alpha value is 0.660. The number of rotatable bonds is 3. The highest BCUT2D eigenvalue weighted by atomic mass is 33.1. The quantitative estimate of drug-likeness (QED) is 0.595. The summed E-state index contributed by atoms with van der Waals surface area (Å²) in [6.45, 7) is 2.91. The van der Waals surface area contributed by atoms with Crippen molar-refractivity contribution in [3.63, 3.8) is 0 Å². The zero-order valence-electron chi connectivity index (χ0n) is 4.68. The van der Waals surface area contributed by atoms with E-state index in [0.29, 0.717) is 5.25 Å². The molecule has 0 aliphatic carbocycles. The Morgan fingerprint density at radius 3 is 2.43 bits per heavy atom. The second kappa shape index (κ2) is 4.81. The molecule has 0 aliphatic rings. The Morgan fingerprint density at radius 2 is 2.29 bits per heavy atom. The summed E-state index contributed by atoms with van der Waals surface area (Å²) in [7, 11) is 3.59. The lowest BCUT2D eigenvalue weighted by Gasteiger charge is -2.01. The first-order chi connectivity index (χ1) is 3.31. The molecule has 1 unspecified atom stereocenters. The molecule has 3 heteroatoms. The molecule has 0 aromatic heterocycles. The van der Waals surface area contributed by atoms with Crippen molar-refractivity contribution in [2.24, 2.45) is 5.73 Å². The molecule has 0 saturated heterocycles. The third kappa shape index (κ3) is 4.51. The summed E-state index contributed by atoms with van der Waals surface area (Å²) in [6.07, 6.45) is 2.07. The van der Waals surface area contributed by atoms with Crippen LogP contribution >= 0.6 is 21.6 Å². The van der Waals surface area contributed by atoms with Gasteiger partial charge >= 0.3 is 0 Å². The summed E-state index contributed by atoms with van der Waals surface area (Å²) < 4.78 is 0. The fourth-order valence-corrected chi connectivity index (χ4v) is 1.83. The van der Waals surface area contributed by atoms with E-state index in [9.17, 15) is 0 Å². The van der Waals surface area contributed by atoms with Crippen molar-refractivity contribution >= 4 is 21.6 Å². The lowest BCUT2D eigenvalue weighted by molar-refractivity contribution is 0.958. The Balaban J connectivity index is 2.83. The van der Waals surface area contributed by atoms with Crippen molar-refractivity contribution in [2.45, 2.75) is 12.2 Å². The molecule has 0 amide bonds. The Labute approximate surface area is 52.8 Å². The molecule has 0 spiro atoms. The third-order valence-corrected chi connectivity index (χ3v) is 2.87. The van der Waals surface area contributed by atoms with E-state index in [2.05, 4.69) is 13.2 Å². The van der Waals surface area contributed by atoms with Crippen molar-refractivity contribution < 1.29 is 0 Å². The highest BCUT2D eigenvalue weighted by Crippen LogP contribution is 2.21. The van der Waals surface area contributed by atoms with Crippen LogP contribution in [0, 0.1) is 0 Å². The van der Waals surface area contributed by atoms with E-state index >= 15 is 0 Å². The Bertz CT molecular complexity index is 40.7. The predicted molar refractivity (Wildman–Crippen MR) is 39.6 cm³/mol. The van der Waals surface area contributed by atoms with Crippen LogP contribution < -0.4 is 5.73 Å². The number of nitrogens with two attached hydrogens (primary N) is 1. The molecule has 1 atom stereocenters. The standard InChI is InChI=1S/C4H11NS2/c1-4(3-5)7-6-2/h4H,3,5H2,1-2H3. The summed E-state index contributed by atoms with van der Waals surface area (Å²) in [5, 5.41) is 0.606. The van der Waals surface area contributed by atoms with Crippen LogP contribution in [0.5, 0.6) is 0 Å². The second-order valence-corrected chi connectivity index (χ2v) is 4.22. The Morgan fingerprint density at radius 1 is 1.71 bits per heavy atom. The summed E-state index contributed by atoms with van der Waals surface area (Å²) in [4.78, 5) is 0. The number of hydrogen-bond donors (Lipinski definition) is 1. The van der Waals surface area contributed by atoms with Gasteiger partial charge in [-0.3, -0.25) is 0 Å². The van der Waals surface area contributed by atoms with Gasteiger partial charge < -0.3 is 5.73 Å². The van der Waals surface area contributed by atoms with Gasteiger partial charge in [0, 0.05) is 11.8 Å². The highest BCUT2D eigenvalue weighted by molar-refractivity contribution is 8.76. The lowest BCUT2D eigenvalue weighted by atomic mass is 10.5. The summed E-state index contributed by atoms with van der Waals surface area (Å²) in [5.41, 5.74) is 5.32. The van der Waals surface area contributed by atoms with Gasteiger partial charge in [0.1, 0.15) is 0 Å². The number of hydrogen-bond acceptors (Lipinski definition) is 3. The highest BCUT2D eigenvalue weighted by Gasteiger charge is 1.94. The normalized spacial score (nSPS) is 14.1. The largest absolute Gasteiger partial charge is 0.329 e. The van der Waals surface area contributed by atoms with Crippen LogP contribution in [-0.4, -0.2) is 18.1 Å². The molecule has 1 nitrogen and oxygen atoms in total. The molecule has 0 heterocycles. The molecule has 7 heavy (non-hydrogen) atoms. The van der Waals surface area contributed by atoms with Gasteiger partial charge in [0.25, 0.3) is 0 Å². The smallest absolute Gasteiger partial charge is 0.0245 e. The molecule has 2 N–H and O–H groups in total. The van der Waals surface area contributed by atoms with E-state index in [4.69, 9.17) is 5.73 Å². The van der Waals surface area contributed by atoms with Crippen molar-refractivity contribution in [1.82, 2.24) is 0 Å². The molecule has 0 rings (SSSR count). The molecule has 0 bridgehead atoms. The summed E-state index contributed by atoms with van der Waals surface area (Å²) >= 11 is 0. The molecular weight excluding hydrogens is 126 g/mol. The van der Waals surface area contributed by atoms with Gasteiger partial charge in [-0.25, -0.2) is 0 Å². The van der Waals surface area contributed by atoms with Crippen LogP contribution in [-0.2, 0) is 0 Å². The molecular formula is C4H11NS2. The van der Waals surface area contributed by atoms with E-state index in [1.807, 2.05) is 10.8 Å². The molecule has 0 aromatic rings. The molecule has 0 aliphatic heterocycles. The van der Waals surface area contributed by atoms with Gasteiger partial charge in [0.2, 0.25) is 0 Å². The molecule has 0 aromatic carbocycles. The van der Waals surface area contributed by atoms with Crippen LogP contribution in [0.2, 0.25) is 0 Å². The van der Waals surface area contributed by atoms with E-state index in [-0.39, 0.29) is 0 Å². The fraction of sp³-hybridized carbons (Fsp3) is 1.00. The molecule has 44 valence electrons. The first-order valence-electron chi connectivity index (χ1n) is 2.20.